The smallest absolute Gasteiger partial charge is 0.308 e. The monoisotopic (exact) mass is 329 g/mol. The Hall–Kier alpha value is -2.87. The molecule has 8 heteroatoms. The van der Waals surface area contributed by atoms with Crippen LogP contribution in [0.15, 0.2) is 33.9 Å². The molecule has 0 atom stereocenters. The van der Waals surface area contributed by atoms with Crippen LogP contribution in [0, 0.1) is 6.92 Å². The number of aryl methyl sites for hydroxylation is 1. The fraction of sp³-hybridized carbons (Fsp3) is 0.133. The molecule has 0 fully saturated rings. The van der Waals surface area contributed by atoms with E-state index in [1.807, 2.05) is 0 Å². The number of fused-ring (bicyclic) bond motifs is 1. The van der Waals surface area contributed by atoms with Crippen molar-refractivity contribution in [2.75, 3.05) is 0 Å². The standard InChI is InChI=1S/C15H11N3O4S/c1-8-13(20)16-15-18(17-8)14(21)12(23-15)7-10-4-3-5-11(6-10)22-9(2)19/h3-7H,1-2H3. The number of hydrogen-bond acceptors (Lipinski definition) is 7. The molecule has 0 aliphatic heterocycles. The summed E-state index contributed by atoms with van der Waals surface area (Å²) in [6, 6.07) is 6.77. The molecule has 2 heterocycles. The number of thiazole rings is 1. The minimum Gasteiger partial charge on any atom is -0.427 e. The van der Waals surface area contributed by atoms with Crippen molar-refractivity contribution in [3.8, 4) is 5.75 Å². The molecule has 0 aliphatic carbocycles. The maximum absolute atomic E-state index is 12.3. The Balaban J connectivity index is 2.15. The van der Waals surface area contributed by atoms with Gasteiger partial charge in [0, 0.05) is 6.92 Å². The largest absolute Gasteiger partial charge is 0.427 e. The minimum atomic E-state index is -0.449. The first-order valence-electron chi connectivity index (χ1n) is 6.65. The highest BCUT2D eigenvalue weighted by Gasteiger charge is 2.08. The van der Waals surface area contributed by atoms with Crippen LogP contribution in [0.2, 0.25) is 0 Å². The van der Waals surface area contributed by atoms with Crippen LogP contribution in [0.1, 0.15) is 18.2 Å². The van der Waals surface area contributed by atoms with Gasteiger partial charge >= 0.3 is 5.97 Å². The van der Waals surface area contributed by atoms with E-state index in [-0.39, 0.29) is 16.2 Å². The van der Waals surface area contributed by atoms with Crippen LogP contribution >= 0.6 is 11.3 Å². The third-order valence-electron chi connectivity index (χ3n) is 2.96. The molecule has 1 aromatic carbocycles. The number of esters is 1. The highest BCUT2D eigenvalue weighted by Crippen LogP contribution is 2.14. The number of carbonyl (C=O) groups is 1. The van der Waals surface area contributed by atoms with Gasteiger partial charge in [0.2, 0.25) is 4.96 Å². The van der Waals surface area contributed by atoms with E-state index in [0.717, 1.165) is 15.9 Å². The Morgan fingerprint density at radius 1 is 1.35 bits per heavy atom. The first kappa shape index (κ1) is 15.0. The van der Waals surface area contributed by atoms with Crippen LogP contribution in [0.5, 0.6) is 5.75 Å². The molecular formula is C15H11N3O4S. The fourth-order valence-corrected chi connectivity index (χ4v) is 2.88. The van der Waals surface area contributed by atoms with Crippen LogP contribution in [0.3, 0.4) is 0 Å². The van der Waals surface area contributed by atoms with Gasteiger partial charge in [0.15, 0.2) is 0 Å². The zero-order valence-corrected chi connectivity index (χ0v) is 13.1. The van der Waals surface area contributed by atoms with Crippen LogP contribution in [-0.4, -0.2) is 20.6 Å². The third-order valence-corrected chi connectivity index (χ3v) is 3.92. The van der Waals surface area contributed by atoms with Gasteiger partial charge in [-0.1, -0.05) is 23.5 Å². The van der Waals surface area contributed by atoms with Gasteiger partial charge in [-0.25, -0.2) is 0 Å². The third kappa shape index (κ3) is 3.02. The van der Waals surface area contributed by atoms with Gasteiger partial charge in [-0.2, -0.15) is 14.6 Å². The molecule has 0 radical (unpaired) electrons. The average Bonchev–Trinajstić information content (AvgIpc) is 2.76. The van der Waals surface area contributed by atoms with Crippen molar-refractivity contribution in [2.45, 2.75) is 13.8 Å². The molecular weight excluding hydrogens is 318 g/mol. The van der Waals surface area contributed by atoms with E-state index < -0.39 is 11.5 Å². The van der Waals surface area contributed by atoms with Crippen molar-refractivity contribution in [3.63, 3.8) is 0 Å². The minimum absolute atomic E-state index is 0.167. The van der Waals surface area contributed by atoms with E-state index >= 15 is 0 Å². The van der Waals surface area contributed by atoms with Crippen molar-refractivity contribution in [1.82, 2.24) is 14.6 Å². The molecule has 0 spiro atoms. The lowest BCUT2D eigenvalue weighted by Gasteiger charge is -2.01. The molecule has 0 aliphatic rings. The molecule has 0 N–H and O–H groups in total. The van der Waals surface area contributed by atoms with Crippen LogP contribution in [0.4, 0.5) is 0 Å². The predicted octanol–water partition coefficient (Wildman–Crippen LogP) is 0.293. The number of benzene rings is 1. The first-order chi connectivity index (χ1) is 10.9. The number of nitrogens with zero attached hydrogens (tertiary/aromatic N) is 3. The quantitative estimate of drug-likeness (QED) is 0.496. The summed E-state index contributed by atoms with van der Waals surface area (Å²) in [5, 5.41) is 3.94. The van der Waals surface area contributed by atoms with Crippen LogP contribution in [0.25, 0.3) is 11.0 Å². The molecule has 116 valence electrons. The Kier molecular flexibility index (Phi) is 3.75. The Labute approximate surface area is 133 Å². The molecule has 7 nitrogen and oxygen atoms in total. The summed E-state index contributed by atoms with van der Waals surface area (Å²) in [6.45, 7) is 2.82. The van der Waals surface area contributed by atoms with Gasteiger partial charge < -0.3 is 4.74 Å². The SMILES string of the molecule is CC(=O)Oc1cccc(C=c2sc3nc(=O)c(C)nn3c2=O)c1. The molecule has 3 rings (SSSR count). The summed E-state index contributed by atoms with van der Waals surface area (Å²) in [5.41, 5.74) is 0.0565. The second-order valence-electron chi connectivity index (χ2n) is 4.78. The van der Waals surface area contributed by atoms with Crippen molar-refractivity contribution >= 4 is 28.3 Å². The maximum atomic E-state index is 12.3. The van der Waals surface area contributed by atoms with E-state index in [9.17, 15) is 14.4 Å². The second kappa shape index (κ2) is 5.73. The van der Waals surface area contributed by atoms with Crippen LogP contribution < -0.4 is 20.4 Å². The average molecular weight is 329 g/mol. The molecule has 3 aromatic rings. The predicted molar refractivity (Wildman–Crippen MR) is 84.7 cm³/mol. The summed E-state index contributed by atoms with van der Waals surface area (Å²) in [6.07, 6.45) is 1.64. The van der Waals surface area contributed by atoms with Crippen molar-refractivity contribution < 1.29 is 9.53 Å². The van der Waals surface area contributed by atoms with Gasteiger partial charge in [0.25, 0.3) is 11.1 Å². The fourth-order valence-electron chi connectivity index (χ4n) is 1.97. The summed E-state index contributed by atoms with van der Waals surface area (Å²) < 4.78 is 6.51. The van der Waals surface area contributed by atoms with E-state index in [2.05, 4.69) is 10.1 Å². The highest BCUT2D eigenvalue weighted by atomic mass is 32.1. The van der Waals surface area contributed by atoms with Crippen molar-refractivity contribution in [3.05, 3.63) is 60.8 Å². The van der Waals surface area contributed by atoms with Gasteiger partial charge in [-0.05, 0) is 30.7 Å². The molecule has 0 unspecified atom stereocenters. The second-order valence-corrected chi connectivity index (χ2v) is 5.79. The topological polar surface area (TPSA) is 90.6 Å². The lowest BCUT2D eigenvalue weighted by Crippen LogP contribution is -2.27. The molecule has 0 saturated heterocycles. The summed E-state index contributed by atoms with van der Waals surface area (Å²) in [7, 11) is 0. The number of ether oxygens (including phenoxy) is 1. The molecule has 0 saturated carbocycles. The van der Waals surface area contributed by atoms with Gasteiger partial charge in [0.1, 0.15) is 11.4 Å². The van der Waals surface area contributed by atoms with Crippen molar-refractivity contribution in [1.29, 1.82) is 0 Å². The number of aromatic nitrogens is 3. The lowest BCUT2D eigenvalue weighted by atomic mass is 10.2. The zero-order valence-electron chi connectivity index (χ0n) is 12.3. The van der Waals surface area contributed by atoms with Gasteiger partial charge in [-0.3, -0.25) is 14.4 Å². The maximum Gasteiger partial charge on any atom is 0.308 e. The Bertz CT molecular complexity index is 1080. The normalized spacial score (nSPS) is 11.8. The number of rotatable bonds is 2. The summed E-state index contributed by atoms with van der Waals surface area (Å²) in [5.74, 6) is -0.0302. The van der Waals surface area contributed by atoms with E-state index in [4.69, 9.17) is 4.74 Å². The summed E-state index contributed by atoms with van der Waals surface area (Å²) in [4.78, 5) is 38.9. The van der Waals surface area contributed by atoms with E-state index in [1.54, 1.807) is 30.3 Å². The first-order valence-corrected chi connectivity index (χ1v) is 7.46. The Morgan fingerprint density at radius 2 is 2.13 bits per heavy atom. The number of carbonyl (C=O) groups excluding carboxylic acids is 1. The lowest BCUT2D eigenvalue weighted by molar-refractivity contribution is -0.131. The van der Waals surface area contributed by atoms with Crippen LogP contribution in [-0.2, 0) is 4.79 Å². The highest BCUT2D eigenvalue weighted by molar-refractivity contribution is 7.15. The number of hydrogen-bond donors (Lipinski definition) is 0. The van der Waals surface area contributed by atoms with Gasteiger partial charge in [0.05, 0.1) is 4.53 Å². The van der Waals surface area contributed by atoms with E-state index in [1.165, 1.54) is 13.8 Å². The molecule has 0 amide bonds. The molecule has 23 heavy (non-hydrogen) atoms. The van der Waals surface area contributed by atoms with Gasteiger partial charge in [-0.15, -0.1) is 0 Å². The molecule has 2 aromatic heterocycles. The Morgan fingerprint density at radius 3 is 2.87 bits per heavy atom. The zero-order chi connectivity index (χ0) is 16.6. The van der Waals surface area contributed by atoms with E-state index in [0.29, 0.717) is 15.8 Å². The molecule has 0 bridgehead atoms. The summed E-state index contributed by atoms with van der Waals surface area (Å²) >= 11 is 1.07. The van der Waals surface area contributed by atoms with Crippen molar-refractivity contribution in [2.24, 2.45) is 0 Å².